The van der Waals surface area contributed by atoms with Crippen molar-refractivity contribution in [1.29, 1.82) is 0 Å². The number of benzene rings is 1. The Labute approximate surface area is 129 Å². The minimum absolute atomic E-state index is 0. The van der Waals surface area contributed by atoms with E-state index in [2.05, 4.69) is 0 Å². The number of amides is 1. The number of likely N-dealkylation sites (N-methyl/N-ethyl adjacent to an activating group) is 2. The first kappa shape index (κ1) is 19.3. The van der Waals surface area contributed by atoms with Crippen LogP contribution in [-0.4, -0.2) is 54.0 Å². The van der Waals surface area contributed by atoms with Crippen LogP contribution in [0.3, 0.4) is 0 Å². The van der Waals surface area contributed by atoms with Gasteiger partial charge >= 0.3 is 5.97 Å². The second kappa shape index (κ2) is 9.31. The molecule has 0 heterocycles. The summed E-state index contributed by atoms with van der Waals surface area (Å²) in [5.74, 6) is -1.30. The van der Waals surface area contributed by atoms with Crippen molar-refractivity contribution in [3.8, 4) is 0 Å². The molecule has 0 unspecified atom stereocenters. The van der Waals surface area contributed by atoms with E-state index in [4.69, 9.17) is 5.11 Å². The third kappa shape index (κ3) is 7.63. The Morgan fingerprint density at radius 1 is 1.19 bits per heavy atom. The lowest BCUT2D eigenvalue weighted by Crippen LogP contribution is -2.37. The van der Waals surface area contributed by atoms with Gasteiger partial charge in [0.2, 0.25) is 5.91 Å². The number of hydrogen-bond acceptors (Lipinski definition) is 3. The molecule has 1 aromatic carbocycles. The summed E-state index contributed by atoms with van der Waals surface area (Å²) in [5, 5.41) is 8.57. The molecule has 0 saturated heterocycles. The van der Waals surface area contributed by atoms with Crippen molar-refractivity contribution in [3.63, 3.8) is 0 Å². The van der Waals surface area contributed by atoms with Crippen LogP contribution in [-0.2, 0) is 16.1 Å². The topological polar surface area (TPSA) is 60.9 Å². The third-order valence-electron chi connectivity index (χ3n) is 2.87. The molecule has 1 amide bonds. The van der Waals surface area contributed by atoms with E-state index in [0.29, 0.717) is 13.1 Å². The second-order valence-electron chi connectivity index (χ2n) is 4.76. The van der Waals surface area contributed by atoms with Gasteiger partial charge in [-0.2, -0.15) is 0 Å². The highest BCUT2D eigenvalue weighted by Crippen LogP contribution is 2.06. The van der Waals surface area contributed by atoms with Crippen LogP contribution in [0.2, 0.25) is 0 Å². The van der Waals surface area contributed by atoms with E-state index in [0.717, 1.165) is 5.56 Å². The van der Waals surface area contributed by atoms with E-state index in [1.54, 1.807) is 31.1 Å². The SMILES string of the molecule is CN(CCC(=O)O)CC(=O)N(C)Cc1ccc(F)cc1.Cl. The fourth-order valence-electron chi connectivity index (χ4n) is 1.67. The highest BCUT2D eigenvalue weighted by atomic mass is 35.5. The van der Waals surface area contributed by atoms with Gasteiger partial charge in [0, 0.05) is 20.1 Å². The summed E-state index contributed by atoms with van der Waals surface area (Å²) in [4.78, 5) is 25.6. The lowest BCUT2D eigenvalue weighted by atomic mass is 10.2. The van der Waals surface area contributed by atoms with E-state index in [1.807, 2.05) is 0 Å². The molecule has 118 valence electrons. The lowest BCUT2D eigenvalue weighted by molar-refractivity contribution is -0.138. The highest BCUT2D eigenvalue weighted by Gasteiger charge is 2.12. The van der Waals surface area contributed by atoms with Crippen LogP contribution in [0.4, 0.5) is 4.39 Å². The molecule has 0 aliphatic rings. The number of carboxylic acid groups (broad SMARTS) is 1. The molecule has 21 heavy (non-hydrogen) atoms. The predicted octanol–water partition coefficient (Wildman–Crippen LogP) is 1.61. The Morgan fingerprint density at radius 2 is 1.76 bits per heavy atom. The van der Waals surface area contributed by atoms with Crippen molar-refractivity contribution in [1.82, 2.24) is 9.80 Å². The van der Waals surface area contributed by atoms with Gasteiger partial charge in [0.15, 0.2) is 0 Å². The van der Waals surface area contributed by atoms with Crippen LogP contribution in [0.15, 0.2) is 24.3 Å². The summed E-state index contributed by atoms with van der Waals surface area (Å²) in [6, 6.07) is 5.97. The highest BCUT2D eigenvalue weighted by molar-refractivity contribution is 5.85. The van der Waals surface area contributed by atoms with Crippen molar-refractivity contribution < 1.29 is 19.1 Å². The molecule has 0 radical (unpaired) electrons. The first-order chi connectivity index (χ1) is 9.38. The zero-order valence-electron chi connectivity index (χ0n) is 12.1. The number of carbonyl (C=O) groups excluding carboxylic acids is 1. The van der Waals surface area contributed by atoms with Crippen molar-refractivity contribution >= 4 is 24.3 Å². The zero-order valence-corrected chi connectivity index (χ0v) is 12.9. The molecule has 0 aromatic heterocycles. The van der Waals surface area contributed by atoms with Gasteiger partial charge in [-0.1, -0.05) is 12.1 Å². The van der Waals surface area contributed by atoms with Crippen molar-refractivity contribution in [2.24, 2.45) is 0 Å². The van der Waals surface area contributed by atoms with E-state index >= 15 is 0 Å². The molecular weight excluding hydrogens is 299 g/mol. The summed E-state index contributed by atoms with van der Waals surface area (Å²) in [6.45, 7) is 0.877. The summed E-state index contributed by atoms with van der Waals surface area (Å²) in [5.41, 5.74) is 0.843. The normalized spacial score (nSPS) is 10.1. The fourth-order valence-corrected chi connectivity index (χ4v) is 1.67. The van der Waals surface area contributed by atoms with E-state index in [1.165, 1.54) is 17.0 Å². The number of aliphatic carboxylic acids is 1. The maximum Gasteiger partial charge on any atom is 0.304 e. The number of carboxylic acids is 1. The van der Waals surface area contributed by atoms with Gasteiger partial charge in [-0.3, -0.25) is 14.5 Å². The summed E-state index contributed by atoms with van der Waals surface area (Å²) in [6.07, 6.45) is 0.00541. The number of halogens is 2. The number of carbonyl (C=O) groups is 2. The average molecular weight is 319 g/mol. The maximum atomic E-state index is 12.8. The number of nitrogens with zero attached hydrogens (tertiary/aromatic N) is 2. The summed E-state index contributed by atoms with van der Waals surface area (Å²) < 4.78 is 12.8. The molecule has 1 N–H and O–H groups in total. The Kier molecular flexibility index (Phi) is 8.57. The zero-order chi connectivity index (χ0) is 15.1. The number of hydrogen-bond donors (Lipinski definition) is 1. The first-order valence-corrected chi connectivity index (χ1v) is 6.27. The minimum Gasteiger partial charge on any atom is -0.481 e. The molecule has 0 atom stereocenters. The van der Waals surface area contributed by atoms with Crippen LogP contribution in [0.25, 0.3) is 0 Å². The van der Waals surface area contributed by atoms with Gasteiger partial charge in [0.05, 0.1) is 13.0 Å². The molecule has 0 saturated carbocycles. The number of rotatable bonds is 7. The van der Waals surface area contributed by atoms with Gasteiger partial charge in [-0.15, -0.1) is 12.4 Å². The molecule has 1 aromatic rings. The van der Waals surface area contributed by atoms with E-state index < -0.39 is 5.97 Å². The summed E-state index contributed by atoms with van der Waals surface area (Å²) >= 11 is 0. The maximum absolute atomic E-state index is 12.8. The minimum atomic E-state index is -0.885. The van der Waals surface area contributed by atoms with Gasteiger partial charge in [-0.25, -0.2) is 4.39 Å². The van der Waals surface area contributed by atoms with E-state index in [-0.39, 0.29) is 37.1 Å². The van der Waals surface area contributed by atoms with Crippen LogP contribution in [0, 0.1) is 5.82 Å². The average Bonchev–Trinajstić information content (AvgIpc) is 2.39. The molecule has 0 aliphatic heterocycles. The quantitative estimate of drug-likeness (QED) is 0.830. The molecule has 0 aliphatic carbocycles. The molecule has 7 heteroatoms. The Bertz CT molecular complexity index is 468. The molecule has 0 spiro atoms. The van der Waals surface area contributed by atoms with Gasteiger partial charge in [-0.05, 0) is 24.7 Å². The largest absolute Gasteiger partial charge is 0.481 e. The van der Waals surface area contributed by atoms with Crippen molar-refractivity contribution in [3.05, 3.63) is 35.6 Å². The summed E-state index contributed by atoms with van der Waals surface area (Å²) in [7, 11) is 3.36. The Morgan fingerprint density at radius 3 is 2.29 bits per heavy atom. The van der Waals surface area contributed by atoms with E-state index in [9.17, 15) is 14.0 Å². The van der Waals surface area contributed by atoms with Crippen molar-refractivity contribution in [2.45, 2.75) is 13.0 Å². The molecule has 5 nitrogen and oxygen atoms in total. The van der Waals surface area contributed by atoms with Crippen LogP contribution >= 0.6 is 12.4 Å². The lowest BCUT2D eigenvalue weighted by Gasteiger charge is -2.21. The Hall–Kier alpha value is -1.66. The van der Waals surface area contributed by atoms with Gasteiger partial charge in [0.1, 0.15) is 5.82 Å². The standard InChI is InChI=1S/C14H19FN2O3.ClH/c1-16(8-7-14(19)20)10-13(18)17(2)9-11-3-5-12(15)6-4-11;/h3-6H,7-10H2,1-2H3,(H,19,20);1H. The first-order valence-electron chi connectivity index (χ1n) is 6.27. The van der Waals surface area contributed by atoms with Crippen LogP contribution in [0.5, 0.6) is 0 Å². The fraction of sp³-hybridized carbons (Fsp3) is 0.429. The van der Waals surface area contributed by atoms with Gasteiger partial charge in [0.25, 0.3) is 0 Å². The molecule has 0 fully saturated rings. The van der Waals surface area contributed by atoms with Crippen molar-refractivity contribution in [2.75, 3.05) is 27.2 Å². The molecular formula is C14H20ClFN2O3. The van der Waals surface area contributed by atoms with Crippen LogP contribution in [0.1, 0.15) is 12.0 Å². The second-order valence-corrected chi connectivity index (χ2v) is 4.76. The molecule has 0 bridgehead atoms. The molecule has 1 rings (SSSR count). The van der Waals surface area contributed by atoms with Crippen LogP contribution < -0.4 is 0 Å². The van der Waals surface area contributed by atoms with Gasteiger partial charge < -0.3 is 10.0 Å². The monoisotopic (exact) mass is 318 g/mol. The predicted molar refractivity (Wildman–Crippen MR) is 79.9 cm³/mol. The Balaban J connectivity index is 0.00000400. The third-order valence-corrected chi connectivity index (χ3v) is 2.87. The smallest absolute Gasteiger partial charge is 0.304 e.